The number of hydrogen-bond donors (Lipinski definition) is 0. The Labute approximate surface area is 109 Å². The van der Waals surface area contributed by atoms with Crippen LogP contribution in [0.2, 0.25) is 0 Å². The molecular formula is C17H10N2. The fraction of sp³-hybridized carbons (Fsp3) is 0. The largest absolute Gasteiger partial charge is 0.361 e. The van der Waals surface area contributed by atoms with Crippen LogP contribution in [0.4, 0.5) is 0 Å². The molecule has 0 amide bonds. The second-order valence-corrected chi connectivity index (χ2v) is 4.76. The molecule has 0 bridgehead atoms. The molecule has 2 nitrogen and oxygen atoms in total. The zero-order chi connectivity index (χ0) is 12.8. The molecule has 0 saturated heterocycles. The monoisotopic (exact) mass is 242 g/mol. The molecule has 2 heteroatoms. The SMILES string of the molecule is [N-]=[N+]=Cc1ccc2ccc3cccc4ccc1c2c34. The van der Waals surface area contributed by atoms with E-state index in [1.807, 2.05) is 6.07 Å². The summed E-state index contributed by atoms with van der Waals surface area (Å²) in [6.07, 6.45) is 1.49. The molecule has 0 aliphatic carbocycles. The van der Waals surface area contributed by atoms with Crippen LogP contribution in [-0.4, -0.2) is 11.0 Å². The first-order valence-electron chi connectivity index (χ1n) is 6.22. The van der Waals surface area contributed by atoms with Crippen molar-refractivity contribution in [3.05, 3.63) is 65.7 Å². The lowest BCUT2D eigenvalue weighted by Crippen LogP contribution is -1.89. The van der Waals surface area contributed by atoms with Gasteiger partial charge in [-0.15, -0.1) is 0 Å². The Morgan fingerprint density at radius 1 is 0.737 bits per heavy atom. The minimum atomic E-state index is 0.938. The summed E-state index contributed by atoms with van der Waals surface area (Å²) in [7, 11) is 0. The van der Waals surface area contributed by atoms with E-state index in [4.69, 9.17) is 5.53 Å². The van der Waals surface area contributed by atoms with Gasteiger partial charge in [0.15, 0.2) is 0 Å². The first kappa shape index (κ1) is 10.2. The molecule has 0 aliphatic rings. The van der Waals surface area contributed by atoms with E-state index in [2.05, 4.69) is 53.3 Å². The van der Waals surface area contributed by atoms with Crippen molar-refractivity contribution in [1.82, 2.24) is 0 Å². The van der Waals surface area contributed by atoms with E-state index in [0.717, 1.165) is 10.9 Å². The molecule has 88 valence electrons. The van der Waals surface area contributed by atoms with Gasteiger partial charge in [-0.3, -0.25) is 0 Å². The number of benzene rings is 4. The van der Waals surface area contributed by atoms with Gasteiger partial charge in [0.25, 0.3) is 6.21 Å². The van der Waals surface area contributed by atoms with Gasteiger partial charge in [-0.05, 0) is 38.4 Å². The van der Waals surface area contributed by atoms with Crippen molar-refractivity contribution in [3.63, 3.8) is 0 Å². The maximum atomic E-state index is 8.79. The zero-order valence-corrected chi connectivity index (χ0v) is 10.2. The fourth-order valence-corrected chi connectivity index (χ4v) is 2.93. The van der Waals surface area contributed by atoms with Gasteiger partial charge in [-0.2, -0.15) is 4.79 Å². The normalized spacial score (nSPS) is 11.2. The molecule has 0 aliphatic heterocycles. The molecule has 0 aromatic heterocycles. The molecular weight excluding hydrogens is 232 g/mol. The second kappa shape index (κ2) is 3.64. The summed E-state index contributed by atoms with van der Waals surface area (Å²) < 4.78 is 0. The van der Waals surface area contributed by atoms with Crippen LogP contribution in [0.25, 0.3) is 37.8 Å². The maximum absolute atomic E-state index is 8.79. The summed E-state index contributed by atoms with van der Waals surface area (Å²) in [6, 6.07) is 18.9. The summed E-state index contributed by atoms with van der Waals surface area (Å²) in [5.41, 5.74) is 9.72. The maximum Gasteiger partial charge on any atom is 0.288 e. The Kier molecular flexibility index (Phi) is 1.96. The topological polar surface area (TPSA) is 36.4 Å². The first-order valence-corrected chi connectivity index (χ1v) is 6.22. The van der Waals surface area contributed by atoms with Gasteiger partial charge in [-0.25, -0.2) is 0 Å². The molecule has 0 fully saturated rings. The third-order valence-electron chi connectivity index (χ3n) is 3.76. The highest BCUT2D eigenvalue weighted by atomic mass is 14.8. The summed E-state index contributed by atoms with van der Waals surface area (Å²) in [5, 5.41) is 7.36. The Morgan fingerprint density at radius 2 is 1.37 bits per heavy atom. The molecule has 0 heterocycles. The van der Waals surface area contributed by atoms with Crippen LogP contribution in [0.3, 0.4) is 0 Å². The zero-order valence-electron chi connectivity index (χ0n) is 10.2. The highest BCUT2D eigenvalue weighted by molar-refractivity contribution is 6.25. The molecule has 0 radical (unpaired) electrons. The summed E-state index contributed by atoms with van der Waals surface area (Å²) in [6.45, 7) is 0. The molecule has 0 spiro atoms. The van der Waals surface area contributed by atoms with Gasteiger partial charge >= 0.3 is 0 Å². The minimum Gasteiger partial charge on any atom is -0.361 e. The smallest absolute Gasteiger partial charge is 0.288 e. The minimum absolute atomic E-state index is 0.938. The van der Waals surface area contributed by atoms with Crippen molar-refractivity contribution in [1.29, 1.82) is 0 Å². The Balaban J connectivity index is 2.38. The molecule has 4 aromatic rings. The van der Waals surface area contributed by atoms with Gasteiger partial charge in [0.2, 0.25) is 0 Å². The Hall–Kier alpha value is -2.70. The second-order valence-electron chi connectivity index (χ2n) is 4.76. The third kappa shape index (κ3) is 1.32. The lowest BCUT2D eigenvalue weighted by Gasteiger charge is -2.10. The van der Waals surface area contributed by atoms with Crippen LogP contribution in [0, 0.1) is 0 Å². The van der Waals surface area contributed by atoms with Crippen LogP contribution >= 0.6 is 0 Å². The van der Waals surface area contributed by atoms with Gasteiger partial charge in [0, 0.05) is 0 Å². The summed E-state index contributed by atoms with van der Waals surface area (Å²) in [4.78, 5) is 3.16. The molecule has 4 aromatic carbocycles. The summed E-state index contributed by atoms with van der Waals surface area (Å²) in [5.74, 6) is 0. The van der Waals surface area contributed by atoms with Crippen molar-refractivity contribution < 1.29 is 4.79 Å². The van der Waals surface area contributed by atoms with E-state index in [1.54, 1.807) is 0 Å². The van der Waals surface area contributed by atoms with Crippen molar-refractivity contribution in [2.24, 2.45) is 0 Å². The van der Waals surface area contributed by atoms with E-state index >= 15 is 0 Å². The Morgan fingerprint density at radius 3 is 2.11 bits per heavy atom. The van der Waals surface area contributed by atoms with Crippen molar-refractivity contribution in [3.8, 4) is 0 Å². The van der Waals surface area contributed by atoms with Gasteiger partial charge in [-0.1, -0.05) is 48.5 Å². The van der Waals surface area contributed by atoms with Crippen molar-refractivity contribution >= 4 is 38.5 Å². The highest BCUT2D eigenvalue weighted by Gasteiger charge is 2.10. The molecule has 4 rings (SSSR count). The average Bonchev–Trinajstić information content (AvgIpc) is 2.46. The highest BCUT2D eigenvalue weighted by Crippen LogP contribution is 2.35. The molecule has 0 unspecified atom stereocenters. The quantitative estimate of drug-likeness (QED) is 0.207. The first-order chi connectivity index (χ1) is 9.38. The average molecular weight is 242 g/mol. The van der Waals surface area contributed by atoms with E-state index in [-0.39, 0.29) is 0 Å². The van der Waals surface area contributed by atoms with Crippen LogP contribution in [0.5, 0.6) is 0 Å². The van der Waals surface area contributed by atoms with Crippen molar-refractivity contribution in [2.45, 2.75) is 0 Å². The lowest BCUT2D eigenvalue weighted by molar-refractivity contribution is 0.00467. The molecule has 0 saturated carbocycles. The predicted octanol–water partition coefficient (Wildman–Crippen LogP) is 4.23. The lowest BCUT2D eigenvalue weighted by atomic mass is 9.92. The number of hydrogen-bond acceptors (Lipinski definition) is 0. The van der Waals surface area contributed by atoms with E-state index < -0.39 is 0 Å². The number of rotatable bonds is 1. The van der Waals surface area contributed by atoms with Crippen LogP contribution < -0.4 is 0 Å². The molecule has 0 atom stereocenters. The number of nitrogens with zero attached hydrogens (tertiary/aromatic N) is 2. The van der Waals surface area contributed by atoms with Gasteiger partial charge in [0.1, 0.15) is 0 Å². The summed E-state index contributed by atoms with van der Waals surface area (Å²) >= 11 is 0. The van der Waals surface area contributed by atoms with E-state index in [0.29, 0.717) is 0 Å². The van der Waals surface area contributed by atoms with Crippen LogP contribution in [0.1, 0.15) is 5.56 Å². The third-order valence-corrected chi connectivity index (χ3v) is 3.76. The van der Waals surface area contributed by atoms with Gasteiger partial charge < -0.3 is 5.53 Å². The van der Waals surface area contributed by atoms with E-state index in [9.17, 15) is 0 Å². The van der Waals surface area contributed by atoms with Gasteiger partial charge in [0.05, 0.1) is 5.56 Å². The fourth-order valence-electron chi connectivity index (χ4n) is 2.93. The Bertz CT molecular complexity index is 947. The molecule has 0 N–H and O–H groups in total. The van der Waals surface area contributed by atoms with E-state index in [1.165, 1.54) is 33.1 Å². The molecule has 19 heavy (non-hydrogen) atoms. The predicted molar refractivity (Wildman–Crippen MR) is 78.9 cm³/mol. The standard InChI is InChI=1S/C17H10N2/c18-19-10-14-7-6-13-5-4-11-2-1-3-12-8-9-15(14)17(13)16(11)12/h1-10H. The van der Waals surface area contributed by atoms with Crippen LogP contribution in [0.15, 0.2) is 54.6 Å². The van der Waals surface area contributed by atoms with Crippen LogP contribution in [-0.2, 0) is 0 Å². The van der Waals surface area contributed by atoms with Crippen molar-refractivity contribution in [2.75, 3.05) is 0 Å².